The highest BCUT2D eigenvalue weighted by atomic mass is 79.9. The third-order valence-electron chi connectivity index (χ3n) is 4.00. The number of rotatable bonds is 2. The predicted molar refractivity (Wildman–Crippen MR) is 96.9 cm³/mol. The van der Waals surface area contributed by atoms with Crippen LogP contribution >= 0.6 is 15.9 Å². The molecule has 1 aliphatic heterocycles. The van der Waals surface area contributed by atoms with Crippen LogP contribution in [0.2, 0.25) is 0 Å². The van der Waals surface area contributed by atoms with Crippen LogP contribution in [-0.2, 0) is 11.2 Å². The lowest BCUT2D eigenvalue weighted by Gasteiger charge is -2.24. The topological polar surface area (TPSA) is 55.3 Å². The van der Waals surface area contributed by atoms with E-state index in [0.717, 1.165) is 40.6 Å². The Balaban J connectivity index is 1.64. The molecule has 2 aromatic rings. The van der Waals surface area contributed by atoms with Crippen molar-refractivity contribution in [3.8, 4) is 0 Å². The van der Waals surface area contributed by atoms with E-state index in [-0.39, 0.29) is 6.09 Å². The first-order valence-corrected chi connectivity index (χ1v) is 8.98. The highest BCUT2D eigenvalue weighted by molar-refractivity contribution is 9.10. The van der Waals surface area contributed by atoms with E-state index in [1.165, 1.54) is 0 Å². The fourth-order valence-corrected chi connectivity index (χ4v) is 3.23. The van der Waals surface area contributed by atoms with Crippen LogP contribution in [0.4, 0.5) is 4.79 Å². The van der Waals surface area contributed by atoms with Crippen molar-refractivity contribution in [3.05, 3.63) is 34.7 Å². The second-order valence-electron chi connectivity index (χ2n) is 7.27. The van der Waals surface area contributed by atoms with Crippen molar-refractivity contribution in [1.82, 2.24) is 14.9 Å². The monoisotopic (exact) mass is 391 g/mol. The van der Waals surface area contributed by atoms with Crippen LogP contribution in [0.3, 0.4) is 0 Å². The van der Waals surface area contributed by atoms with Gasteiger partial charge in [-0.25, -0.2) is 14.8 Å². The standard InChI is InChI=1S/C18H22BrN3O2/c1-18(2,3)24-17(23)22-7-6-12(11-22)8-16-20-10-13-4-5-14(19)9-15(13)21-16/h4-5,9-10,12H,6-8,11H2,1-3H3/t12-/m1/s1. The molecule has 1 fully saturated rings. The number of fused-ring (bicyclic) bond motifs is 1. The van der Waals surface area contributed by atoms with E-state index in [1.54, 1.807) is 4.90 Å². The molecule has 3 rings (SSSR count). The Morgan fingerprint density at radius 3 is 2.96 bits per heavy atom. The van der Waals surface area contributed by atoms with Gasteiger partial charge in [0.2, 0.25) is 0 Å². The summed E-state index contributed by atoms with van der Waals surface area (Å²) in [7, 11) is 0. The molecule has 0 radical (unpaired) electrons. The van der Waals surface area contributed by atoms with Crippen molar-refractivity contribution >= 4 is 32.9 Å². The first-order chi connectivity index (χ1) is 11.3. The molecule has 1 atom stereocenters. The Bertz CT molecular complexity index is 758. The Morgan fingerprint density at radius 1 is 1.42 bits per heavy atom. The molecular formula is C18H22BrN3O2. The van der Waals surface area contributed by atoms with Crippen LogP contribution in [-0.4, -0.2) is 39.7 Å². The SMILES string of the molecule is CC(C)(C)OC(=O)N1CC[C@H](Cc2ncc3ccc(Br)cc3n2)C1. The summed E-state index contributed by atoms with van der Waals surface area (Å²) in [5.74, 6) is 1.21. The second kappa shape index (κ2) is 6.67. The summed E-state index contributed by atoms with van der Waals surface area (Å²) in [6.45, 7) is 7.10. The average Bonchev–Trinajstić information content (AvgIpc) is 2.94. The van der Waals surface area contributed by atoms with Crippen LogP contribution in [0.1, 0.15) is 33.0 Å². The van der Waals surface area contributed by atoms with E-state index in [0.29, 0.717) is 12.5 Å². The van der Waals surface area contributed by atoms with Gasteiger partial charge in [-0.15, -0.1) is 0 Å². The Labute approximate surface area is 150 Å². The highest BCUT2D eigenvalue weighted by Gasteiger charge is 2.30. The average molecular weight is 392 g/mol. The Hall–Kier alpha value is -1.69. The minimum Gasteiger partial charge on any atom is -0.444 e. The molecule has 2 heterocycles. The number of carbonyl (C=O) groups is 1. The van der Waals surface area contributed by atoms with Crippen molar-refractivity contribution < 1.29 is 9.53 Å². The van der Waals surface area contributed by atoms with E-state index >= 15 is 0 Å². The number of halogens is 1. The molecule has 0 aliphatic carbocycles. The maximum absolute atomic E-state index is 12.1. The normalized spacial score (nSPS) is 18.2. The maximum atomic E-state index is 12.1. The van der Waals surface area contributed by atoms with Crippen LogP contribution in [0.5, 0.6) is 0 Å². The van der Waals surface area contributed by atoms with Gasteiger partial charge in [-0.2, -0.15) is 0 Å². The summed E-state index contributed by atoms with van der Waals surface area (Å²) in [6.07, 6.45) is 3.37. The fourth-order valence-electron chi connectivity index (χ4n) is 2.88. The number of amides is 1. The first-order valence-electron chi connectivity index (χ1n) is 8.19. The highest BCUT2D eigenvalue weighted by Crippen LogP contribution is 2.23. The first kappa shape index (κ1) is 17.1. The number of nitrogens with zero attached hydrogens (tertiary/aromatic N) is 3. The number of hydrogen-bond donors (Lipinski definition) is 0. The van der Waals surface area contributed by atoms with Gasteiger partial charge in [0, 0.05) is 35.6 Å². The second-order valence-corrected chi connectivity index (χ2v) is 8.19. The molecule has 0 spiro atoms. The largest absolute Gasteiger partial charge is 0.444 e. The molecule has 0 N–H and O–H groups in total. The van der Waals surface area contributed by atoms with Crippen LogP contribution in [0.25, 0.3) is 10.9 Å². The zero-order valence-electron chi connectivity index (χ0n) is 14.3. The third kappa shape index (κ3) is 4.23. The molecule has 1 aliphatic rings. The lowest BCUT2D eigenvalue weighted by molar-refractivity contribution is 0.0288. The Kier molecular flexibility index (Phi) is 4.76. The van der Waals surface area contributed by atoms with Crippen LogP contribution in [0.15, 0.2) is 28.9 Å². The van der Waals surface area contributed by atoms with Gasteiger partial charge in [0.15, 0.2) is 0 Å². The molecule has 0 saturated carbocycles. The number of aromatic nitrogens is 2. The molecule has 1 amide bonds. The quantitative estimate of drug-likeness (QED) is 0.769. The van der Waals surface area contributed by atoms with Gasteiger partial charge in [0.1, 0.15) is 11.4 Å². The minimum absolute atomic E-state index is 0.228. The van der Waals surface area contributed by atoms with Gasteiger partial charge in [-0.1, -0.05) is 22.0 Å². The molecule has 1 aromatic carbocycles. The van der Waals surface area contributed by atoms with E-state index in [1.807, 2.05) is 45.2 Å². The molecule has 24 heavy (non-hydrogen) atoms. The zero-order chi connectivity index (χ0) is 17.3. The number of carbonyl (C=O) groups excluding carboxylic acids is 1. The maximum Gasteiger partial charge on any atom is 0.410 e. The van der Waals surface area contributed by atoms with E-state index in [2.05, 4.69) is 25.9 Å². The predicted octanol–water partition coefficient (Wildman–Crippen LogP) is 4.19. The molecule has 6 heteroatoms. The molecule has 0 unspecified atom stereocenters. The molecule has 5 nitrogen and oxygen atoms in total. The Morgan fingerprint density at radius 2 is 2.21 bits per heavy atom. The molecule has 128 valence electrons. The van der Waals surface area contributed by atoms with E-state index in [9.17, 15) is 4.79 Å². The summed E-state index contributed by atoms with van der Waals surface area (Å²) >= 11 is 3.47. The molecule has 1 saturated heterocycles. The van der Waals surface area contributed by atoms with E-state index in [4.69, 9.17) is 4.74 Å². The third-order valence-corrected chi connectivity index (χ3v) is 4.50. The molecule has 1 aromatic heterocycles. The van der Waals surface area contributed by atoms with Gasteiger partial charge in [0.05, 0.1) is 5.52 Å². The summed E-state index contributed by atoms with van der Waals surface area (Å²) in [4.78, 5) is 23.0. The lowest BCUT2D eigenvalue weighted by Crippen LogP contribution is -2.35. The summed E-state index contributed by atoms with van der Waals surface area (Å²) in [5.41, 5.74) is 0.487. The molecule has 0 bridgehead atoms. The molecular weight excluding hydrogens is 370 g/mol. The summed E-state index contributed by atoms with van der Waals surface area (Å²) < 4.78 is 6.45. The number of hydrogen-bond acceptors (Lipinski definition) is 4. The van der Waals surface area contributed by atoms with Crippen molar-refractivity contribution in [1.29, 1.82) is 0 Å². The van der Waals surface area contributed by atoms with Crippen molar-refractivity contribution in [2.45, 2.75) is 39.2 Å². The number of likely N-dealkylation sites (tertiary alicyclic amines) is 1. The summed E-state index contributed by atoms with van der Waals surface area (Å²) in [5, 5.41) is 1.03. The van der Waals surface area contributed by atoms with Crippen molar-refractivity contribution in [2.24, 2.45) is 5.92 Å². The van der Waals surface area contributed by atoms with Gasteiger partial charge >= 0.3 is 6.09 Å². The van der Waals surface area contributed by atoms with Crippen LogP contribution in [0, 0.1) is 5.92 Å². The van der Waals surface area contributed by atoms with Gasteiger partial charge < -0.3 is 9.64 Å². The minimum atomic E-state index is -0.454. The number of benzene rings is 1. The lowest BCUT2D eigenvalue weighted by atomic mass is 10.0. The van der Waals surface area contributed by atoms with E-state index < -0.39 is 5.60 Å². The summed E-state index contributed by atoms with van der Waals surface area (Å²) in [6, 6.07) is 5.99. The van der Waals surface area contributed by atoms with Gasteiger partial charge in [-0.05, 0) is 45.2 Å². The van der Waals surface area contributed by atoms with Crippen LogP contribution < -0.4 is 0 Å². The van der Waals surface area contributed by atoms with Gasteiger partial charge in [-0.3, -0.25) is 0 Å². The van der Waals surface area contributed by atoms with Crippen molar-refractivity contribution in [3.63, 3.8) is 0 Å². The smallest absolute Gasteiger partial charge is 0.410 e. The fraction of sp³-hybridized carbons (Fsp3) is 0.500. The number of ether oxygens (including phenoxy) is 1. The van der Waals surface area contributed by atoms with Crippen molar-refractivity contribution in [2.75, 3.05) is 13.1 Å². The zero-order valence-corrected chi connectivity index (χ0v) is 15.8. The van der Waals surface area contributed by atoms with Gasteiger partial charge in [0.25, 0.3) is 0 Å².